The summed E-state index contributed by atoms with van der Waals surface area (Å²) in [5.74, 6) is -3.90. The monoisotopic (exact) mass is 719 g/mol. The first-order valence-corrected chi connectivity index (χ1v) is 18.8. The molecule has 9 nitrogen and oxygen atoms in total. The molecule has 0 aliphatic carbocycles. The van der Waals surface area contributed by atoms with Gasteiger partial charge in [-0.2, -0.15) is 0 Å². The van der Waals surface area contributed by atoms with Crippen molar-refractivity contribution in [3.8, 4) is 5.75 Å². The lowest BCUT2D eigenvalue weighted by atomic mass is 9.88. The molecule has 0 spiro atoms. The zero-order valence-corrected chi connectivity index (χ0v) is 29.5. The van der Waals surface area contributed by atoms with E-state index in [9.17, 15) is 34.1 Å². The number of fused-ring (bicyclic) bond motifs is 1. The maximum atomic E-state index is 14.1. The van der Waals surface area contributed by atoms with Crippen LogP contribution in [0.15, 0.2) is 127 Å². The minimum atomic E-state index is -3.77. The van der Waals surface area contributed by atoms with Crippen LogP contribution in [0.1, 0.15) is 35.1 Å². The first kappa shape index (κ1) is 37.9. The van der Waals surface area contributed by atoms with E-state index in [4.69, 9.17) is 4.52 Å². The molecule has 0 heterocycles. The molecule has 0 fully saturated rings. The van der Waals surface area contributed by atoms with Crippen molar-refractivity contribution in [1.29, 1.82) is 0 Å². The van der Waals surface area contributed by atoms with Crippen molar-refractivity contribution in [2.45, 2.75) is 44.6 Å². The van der Waals surface area contributed by atoms with E-state index in [0.29, 0.717) is 5.56 Å². The standard InChI is InChI=1S/C42H42NO8P/c1-52(49,50)51-38-20-17-31(18-21-38)23-36(42(47)48)28-40(45)39(26-30-12-6-3-7-13-30)43-41(46)35(22-29-10-4-2-5-11-29)27-37(44)25-32-16-19-33-14-8-9-15-34(33)24-32/h2-21,24,35-36,39,49-50H,1,22-23,25-28H2,(H,43,46)(H,47,48)/t35-,36-,39+/m0/s1. The topological polar surface area (TPSA) is 150 Å². The second-order valence-corrected chi connectivity index (χ2v) is 14.6. The van der Waals surface area contributed by atoms with Crippen LogP contribution in [0.25, 0.3) is 10.8 Å². The number of aliphatic carboxylic acids is 1. The van der Waals surface area contributed by atoms with Crippen molar-refractivity contribution >= 4 is 48.1 Å². The van der Waals surface area contributed by atoms with E-state index in [-0.39, 0.29) is 50.1 Å². The number of carbonyl (C=O) groups is 4. The van der Waals surface area contributed by atoms with Crippen molar-refractivity contribution in [3.63, 3.8) is 0 Å². The Kier molecular flexibility index (Phi) is 12.9. The number of benzene rings is 5. The van der Waals surface area contributed by atoms with E-state index in [0.717, 1.165) is 27.5 Å². The molecule has 5 rings (SSSR count). The van der Waals surface area contributed by atoms with Crippen LogP contribution >= 0.6 is 7.57 Å². The zero-order chi connectivity index (χ0) is 37.1. The van der Waals surface area contributed by atoms with Gasteiger partial charge in [0.2, 0.25) is 5.91 Å². The molecule has 0 saturated carbocycles. The molecule has 10 heteroatoms. The fraction of sp³-hybridized carbons (Fsp3) is 0.214. The maximum Gasteiger partial charge on any atom is 0.307 e. The van der Waals surface area contributed by atoms with Gasteiger partial charge < -0.3 is 24.7 Å². The first-order chi connectivity index (χ1) is 24.9. The van der Waals surface area contributed by atoms with Gasteiger partial charge in [-0.05, 0) is 70.7 Å². The van der Waals surface area contributed by atoms with Gasteiger partial charge in [0.05, 0.1) is 12.0 Å². The van der Waals surface area contributed by atoms with Crippen LogP contribution in [-0.2, 0) is 44.9 Å². The SMILES string of the molecule is C=P(O)(O)Oc1ccc(C[C@@H](CC(=O)[C@@H](Cc2ccccc2)NC(=O)[C@H](CC(=O)Cc2ccc3ccccc3c2)Cc2ccccc2)C(=O)O)cc1. The second kappa shape index (κ2) is 17.7. The zero-order valence-electron chi connectivity index (χ0n) is 28.6. The maximum absolute atomic E-state index is 14.1. The largest absolute Gasteiger partial charge is 0.481 e. The molecule has 5 aromatic carbocycles. The third-order valence-electron chi connectivity index (χ3n) is 8.83. The Bertz CT molecular complexity index is 2040. The predicted molar refractivity (Wildman–Crippen MR) is 203 cm³/mol. The average molecular weight is 720 g/mol. The fourth-order valence-electron chi connectivity index (χ4n) is 6.24. The van der Waals surface area contributed by atoms with E-state index in [2.05, 4.69) is 11.6 Å². The molecule has 0 saturated heterocycles. The highest BCUT2D eigenvalue weighted by Crippen LogP contribution is 2.37. The van der Waals surface area contributed by atoms with Crippen LogP contribution in [0.5, 0.6) is 5.75 Å². The van der Waals surface area contributed by atoms with E-state index >= 15 is 0 Å². The Morgan fingerprint density at radius 1 is 0.635 bits per heavy atom. The molecule has 4 N–H and O–H groups in total. The van der Waals surface area contributed by atoms with E-state index in [1.165, 1.54) is 12.1 Å². The molecular formula is C42H42NO8P. The summed E-state index contributed by atoms with van der Waals surface area (Å²) in [6, 6.07) is 37.4. The summed E-state index contributed by atoms with van der Waals surface area (Å²) in [6.07, 6.45) is 3.37. The minimum Gasteiger partial charge on any atom is -0.481 e. The van der Waals surface area contributed by atoms with Crippen LogP contribution in [0.4, 0.5) is 0 Å². The van der Waals surface area contributed by atoms with Crippen molar-refractivity contribution in [2.24, 2.45) is 11.8 Å². The van der Waals surface area contributed by atoms with Crippen LogP contribution in [0, 0.1) is 11.8 Å². The summed E-state index contributed by atoms with van der Waals surface area (Å²) in [5.41, 5.74) is 3.09. The number of carboxylic acid groups (broad SMARTS) is 1. The van der Waals surface area contributed by atoms with Crippen LogP contribution in [0.3, 0.4) is 0 Å². The molecular weight excluding hydrogens is 677 g/mol. The van der Waals surface area contributed by atoms with Gasteiger partial charge in [-0.3, -0.25) is 19.2 Å². The smallest absolute Gasteiger partial charge is 0.307 e. The van der Waals surface area contributed by atoms with Crippen molar-refractivity contribution < 1.29 is 38.6 Å². The normalized spacial score (nSPS) is 13.1. The van der Waals surface area contributed by atoms with Crippen LogP contribution in [0.2, 0.25) is 0 Å². The lowest BCUT2D eigenvalue weighted by molar-refractivity contribution is -0.144. The fourth-order valence-corrected chi connectivity index (χ4v) is 6.70. The van der Waals surface area contributed by atoms with Gasteiger partial charge in [-0.25, -0.2) is 0 Å². The third kappa shape index (κ3) is 11.6. The molecule has 0 aromatic heterocycles. The van der Waals surface area contributed by atoms with Crippen LogP contribution in [-0.4, -0.2) is 50.7 Å². The number of hydrogen-bond donors (Lipinski definition) is 4. The van der Waals surface area contributed by atoms with Gasteiger partial charge in [-0.15, -0.1) is 0 Å². The summed E-state index contributed by atoms with van der Waals surface area (Å²) in [5, 5.41) is 15.1. The van der Waals surface area contributed by atoms with Gasteiger partial charge in [0, 0.05) is 25.2 Å². The van der Waals surface area contributed by atoms with E-state index in [1.54, 1.807) is 12.1 Å². The second-order valence-electron chi connectivity index (χ2n) is 13.0. The molecule has 1 amide bonds. The molecule has 52 heavy (non-hydrogen) atoms. The number of carbonyl (C=O) groups excluding carboxylic acids is 3. The van der Waals surface area contributed by atoms with Gasteiger partial charge in [0.25, 0.3) is 7.57 Å². The summed E-state index contributed by atoms with van der Waals surface area (Å²) in [4.78, 5) is 72.9. The molecule has 268 valence electrons. The number of ketones is 2. The number of rotatable bonds is 18. The number of carboxylic acids is 1. The Labute approximate surface area is 303 Å². The third-order valence-corrected chi connectivity index (χ3v) is 9.33. The van der Waals surface area contributed by atoms with E-state index in [1.807, 2.05) is 103 Å². The Morgan fingerprint density at radius 3 is 1.79 bits per heavy atom. The molecule has 0 aliphatic heterocycles. The number of nitrogens with one attached hydrogen (secondary N) is 1. The van der Waals surface area contributed by atoms with Gasteiger partial charge in [0.1, 0.15) is 11.5 Å². The molecule has 0 unspecified atom stereocenters. The minimum absolute atomic E-state index is 0.0101. The molecule has 0 bridgehead atoms. The van der Waals surface area contributed by atoms with E-state index < -0.39 is 43.1 Å². The van der Waals surface area contributed by atoms with Crippen LogP contribution < -0.4 is 9.84 Å². The van der Waals surface area contributed by atoms with Gasteiger partial charge in [0.15, 0.2) is 5.78 Å². The van der Waals surface area contributed by atoms with Crippen molar-refractivity contribution in [2.75, 3.05) is 0 Å². The predicted octanol–water partition coefficient (Wildman–Crippen LogP) is 6.39. The highest BCUT2D eigenvalue weighted by atomic mass is 31.2. The average Bonchev–Trinajstić information content (AvgIpc) is 3.11. The van der Waals surface area contributed by atoms with Gasteiger partial charge >= 0.3 is 5.97 Å². The summed E-state index contributed by atoms with van der Waals surface area (Å²) < 4.78 is 5.00. The van der Waals surface area contributed by atoms with Crippen molar-refractivity contribution in [1.82, 2.24) is 5.32 Å². The summed E-state index contributed by atoms with van der Waals surface area (Å²) in [6.45, 7) is 0. The summed E-state index contributed by atoms with van der Waals surface area (Å²) >= 11 is 0. The highest BCUT2D eigenvalue weighted by molar-refractivity contribution is 7.58. The van der Waals surface area contributed by atoms with Gasteiger partial charge in [-0.1, -0.05) is 115 Å². The quantitative estimate of drug-likeness (QED) is 0.0762. The first-order valence-electron chi connectivity index (χ1n) is 17.0. The summed E-state index contributed by atoms with van der Waals surface area (Å²) in [7, 11) is -3.77. The lowest BCUT2D eigenvalue weighted by Gasteiger charge is -2.23. The molecule has 5 aromatic rings. The Morgan fingerprint density at radius 2 is 1.17 bits per heavy atom. The molecule has 0 radical (unpaired) electrons. The number of Topliss-reactive ketones (excluding diaryl/α,β-unsaturated/α-hetero) is 2. The Balaban J connectivity index is 1.33. The number of amides is 1. The molecule has 0 aliphatic rings. The number of hydrogen-bond acceptors (Lipinski definition) is 7. The molecule has 3 atom stereocenters. The van der Waals surface area contributed by atoms with Crippen molar-refractivity contribution in [3.05, 3.63) is 150 Å². The highest BCUT2D eigenvalue weighted by Gasteiger charge is 2.31. The lowest BCUT2D eigenvalue weighted by Crippen LogP contribution is -2.46. The Hall–Kier alpha value is -5.34.